The Labute approximate surface area is 142 Å². The first-order valence-electron chi connectivity index (χ1n) is 7.76. The van der Waals surface area contributed by atoms with Crippen LogP contribution in [0.2, 0.25) is 0 Å². The standard InChI is InChI=1S/C16H17F3N4O2/c1-10-7-13(21-22-20)9-23(10)15(25)6-5-14(24)11-3-2-4-12(8-11)16(17,18)19/h2-4,8,10,13H,5-7,9H2,1H3/t10-,13?/m1/s1. The van der Waals surface area contributed by atoms with Crippen LogP contribution in [0.3, 0.4) is 0 Å². The monoisotopic (exact) mass is 354 g/mol. The number of carbonyl (C=O) groups is 2. The fraction of sp³-hybridized carbons (Fsp3) is 0.500. The van der Waals surface area contributed by atoms with Crippen LogP contribution >= 0.6 is 0 Å². The summed E-state index contributed by atoms with van der Waals surface area (Å²) in [5.41, 5.74) is 7.49. The van der Waals surface area contributed by atoms with Gasteiger partial charge in [0.2, 0.25) is 5.91 Å². The predicted molar refractivity (Wildman–Crippen MR) is 83.7 cm³/mol. The minimum atomic E-state index is -4.52. The second kappa shape index (κ2) is 7.57. The quantitative estimate of drug-likeness (QED) is 0.347. The number of halogens is 3. The molecule has 0 saturated carbocycles. The number of amides is 1. The third-order valence-corrected chi connectivity index (χ3v) is 4.17. The highest BCUT2D eigenvalue weighted by molar-refractivity contribution is 5.98. The second-order valence-corrected chi connectivity index (χ2v) is 5.99. The predicted octanol–water partition coefficient (Wildman–Crippen LogP) is 3.97. The number of Topliss-reactive ketones (excluding diaryl/α,β-unsaturated/α-hetero) is 1. The largest absolute Gasteiger partial charge is 0.416 e. The van der Waals surface area contributed by atoms with Gasteiger partial charge in [-0.2, -0.15) is 13.2 Å². The third kappa shape index (κ3) is 4.73. The van der Waals surface area contributed by atoms with Crippen molar-refractivity contribution in [3.63, 3.8) is 0 Å². The molecule has 1 saturated heterocycles. The van der Waals surface area contributed by atoms with Gasteiger partial charge in [0, 0.05) is 35.9 Å². The minimum Gasteiger partial charge on any atom is -0.340 e. The van der Waals surface area contributed by atoms with Crippen molar-refractivity contribution in [3.05, 3.63) is 45.8 Å². The normalized spacial score (nSPS) is 20.2. The number of nitrogens with zero attached hydrogens (tertiary/aromatic N) is 4. The summed E-state index contributed by atoms with van der Waals surface area (Å²) in [7, 11) is 0. The Kier molecular flexibility index (Phi) is 5.69. The molecule has 9 heteroatoms. The van der Waals surface area contributed by atoms with Crippen LogP contribution in [-0.2, 0) is 11.0 Å². The van der Waals surface area contributed by atoms with Gasteiger partial charge in [0.1, 0.15) is 0 Å². The van der Waals surface area contributed by atoms with E-state index in [0.29, 0.717) is 13.0 Å². The van der Waals surface area contributed by atoms with Crippen molar-refractivity contribution in [1.82, 2.24) is 4.90 Å². The molecule has 0 aromatic heterocycles. The molecule has 0 spiro atoms. The molecule has 6 nitrogen and oxygen atoms in total. The first-order valence-corrected chi connectivity index (χ1v) is 7.76. The molecule has 1 heterocycles. The van der Waals surface area contributed by atoms with E-state index < -0.39 is 17.5 Å². The first-order chi connectivity index (χ1) is 11.7. The number of hydrogen-bond acceptors (Lipinski definition) is 3. The summed E-state index contributed by atoms with van der Waals surface area (Å²) < 4.78 is 38.1. The maximum absolute atomic E-state index is 12.7. The lowest BCUT2D eigenvalue weighted by Crippen LogP contribution is -2.34. The molecule has 2 atom stereocenters. The molecule has 0 aliphatic carbocycles. The highest BCUT2D eigenvalue weighted by atomic mass is 19.4. The Hall–Kier alpha value is -2.54. The molecule has 0 bridgehead atoms. The van der Waals surface area contributed by atoms with Crippen molar-refractivity contribution in [1.29, 1.82) is 0 Å². The van der Waals surface area contributed by atoms with Gasteiger partial charge in [-0.15, -0.1) is 0 Å². The lowest BCUT2D eigenvalue weighted by Gasteiger charge is -2.21. The van der Waals surface area contributed by atoms with Gasteiger partial charge in [-0.1, -0.05) is 17.2 Å². The van der Waals surface area contributed by atoms with E-state index in [2.05, 4.69) is 10.0 Å². The van der Waals surface area contributed by atoms with Crippen LogP contribution in [0.15, 0.2) is 29.4 Å². The van der Waals surface area contributed by atoms with Crippen molar-refractivity contribution in [2.75, 3.05) is 6.54 Å². The molecule has 1 aromatic carbocycles. The number of likely N-dealkylation sites (tertiary alicyclic amines) is 1. The number of ketones is 1. The van der Waals surface area contributed by atoms with Gasteiger partial charge in [0.25, 0.3) is 0 Å². The van der Waals surface area contributed by atoms with Gasteiger partial charge in [0.05, 0.1) is 11.6 Å². The summed E-state index contributed by atoms with van der Waals surface area (Å²) in [6.07, 6.45) is -4.23. The SMILES string of the molecule is C[C@@H]1CC(N=[N+]=[N-])CN1C(=O)CCC(=O)c1cccc(C(F)(F)F)c1. The summed E-state index contributed by atoms with van der Waals surface area (Å²) in [5, 5.41) is 3.60. The number of benzene rings is 1. The van der Waals surface area contributed by atoms with Gasteiger partial charge in [-0.25, -0.2) is 0 Å². The van der Waals surface area contributed by atoms with Crippen molar-refractivity contribution in [2.45, 2.75) is 44.4 Å². The maximum atomic E-state index is 12.7. The lowest BCUT2D eigenvalue weighted by molar-refractivity contribution is -0.137. The van der Waals surface area contributed by atoms with E-state index in [-0.39, 0.29) is 36.4 Å². The smallest absolute Gasteiger partial charge is 0.340 e. The van der Waals surface area contributed by atoms with Crippen LogP contribution in [0.25, 0.3) is 10.4 Å². The van der Waals surface area contributed by atoms with Crippen LogP contribution < -0.4 is 0 Å². The van der Waals surface area contributed by atoms with E-state index in [9.17, 15) is 22.8 Å². The Balaban J connectivity index is 1.96. The Bertz CT molecular complexity index is 714. The van der Waals surface area contributed by atoms with E-state index in [1.54, 1.807) is 4.90 Å². The first kappa shape index (κ1) is 18.8. The fourth-order valence-electron chi connectivity index (χ4n) is 2.88. The summed E-state index contributed by atoms with van der Waals surface area (Å²) in [6.45, 7) is 2.11. The highest BCUT2D eigenvalue weighted by Gasteiger charge is 2.32. The molecule has 1 fully saturated rings. The Morgan fingerprint density at radius 1 is 1.36 bits per heavy atom. The van der Waals surface area contributed by atoms with Crippen LogP contribution in [0.1, 0.15) is 42.1 Å². The van der Waals surface area contributed by atoms with Crippen molar-refractivity contribution in [2.24, 2.45) is 5.11 Å². The van der Waals surface area contributed by atoms with E-state index in [4.69, 9.17) is 5.53 Å². The molecule has 0 N–H and O–H groups in total. The minimum absolute atomic E-state index is 0.0657. The summed E-state index contributed by atoms with van der Waals surface area (Å²) >= 11 is 0. The van der Waals surface area contributed by atoms with Crippen LogP contribution in [-0.4, -0.2) is 35.2 Å². The van der Waals surface area contributed by atoms with Crippen molar-refractivity contribution in [3.8, 4) is 0 Å². The molecule has 1 amide bonds. The van der Waals surface area contributed by atoms with E-state index in [1.807, 2.05) is 6.92 Å². The zero-order chi connectivity index (χ0) is 18.6. The molecule has 1 aliphatic heterocycles. The molecule has 1 aliphatic rings. The van der Waals surface area contributed by atoms with Crippen LogP contribution in [0.4, 0.5) is 13.2 Å². The molecule has 2 rings (SSSR count). The molecule has 0 radical (unpaired) electrons. The summed E-state index contributed by atoms with van der Waals surface area (Å²) in [5.74, 6) is -0.790. The molecule has 134 valence electrons. The summed E-state index contributed by atoms with van der Waals surface area (Å²) in [4.78, 5) is 28.6. The molecule has 1 aromatic rings. The number of carbonyl (C=O) groups excluding carboxylic acids is 2. The highest BCUT2D eigenvalue weighted by Crippen LogP contribution is 2.30. The molecule has 25 heavy (non-hydrogen) atoms. The average Bonchev–Trinajstić information content (AvgIpc) is 2.92. The van der Waals surface area contributed by atoms with Gasteiger partial charge >= 0.3 is 6.18 Å². The van der Waals surface area contributed by atoms with Crippen molar-refractivity contribution >= 4 is 11.7 Å². The molecular formula is C16H17F3N4O2. The van der Waals surface area contributed by atoms with E-state index >= 15 is 0 Å². The lowest BCUT2D eigenvalue weighted by atomic mass is 10.0. The van der Waals surface area contributed by atoms with Gasteiger partial charge < -0.3 is 4.90 Å². The number of rotatable bonds is 5. The fourth-order valence-corrected chi connectivity index (χ4v) is 2.88. The third-order valence-electron chi connectivity index (χ3n) is 4.17. The molecular weight excluding hydrogens is 337 g/mol. The Morgan fingerprint density at radius 3 is 2.72 bits per heavy atom. The maximum Gasteiger partial charge on any atom is 0.416 e. The molecule has 1 unspecified atom stereocenters. The second-order valence-electron chi connectivity index (χ2n) is 5.99. The average molecular weight is 354 g/mol. The Morgan fingerprint density at radius 2 is 2.08 bits per heavy atom. The van der Waals surface area contributed by atoms with Crippen LogP contribution in [0, 0.1) is 0 Å². The van der Waals surface area contributed by atoms with Crippen LogP contribution in [0.5, 0.6) is 0 Å². The van der Waals surface area contributed by atoms with Gasteiger partial charge in [0.15, 0.2) is 5.78 Å². The zero-order valence-corrected chi connectivity index (χ0v) is 13.5. The van der Waals surface area contributed by atoms with Gasteiger partial charge in [-0.05, 0) is 31.0 Å². The number of hydrogen-bond donors (Lipinski definition) is 0. The van der Waals surface area contributed by atoms with E-state index in [0.717, 1.165) is 12.1 Å². The summed E-state index contributed by atoms with van der Waals surface area (Å²) in [6, 6.07) is 3.77. The number of alkyl halides is 3. The van der Waals surface area contributed by atoms with E-state index in [1.165, 1.54) is 12.1 Å². The van der Waals surface area contributed by atoms with Gasteiger partial charge in [-0.3, -0.25) is 9.59 Å². The topological polar surface area (TPSA) is 86.1 Å². The number of azide groups is 1. The zero-order valence-electron chi connectivity index (χ0n) is 13.5. The van der Waals surface area contributed by atoms with Crippen molar-refractivity contribution < 1.29 is 22.8 Å².